The maximum Gasteiger partial charge on any atom is 0.335 e. The molecule has 0 fully saturated rings. The molecule has 0 saturated heterocycles. The van der Waals surface area contributed by atoms with E-state index >= 15 is 0 Å². The Balaban J connectivity index is 3.34. The number of Topliss-reactive ketones (excluding diaryl/α,β-unsaturated/α-hetero) is 2. The number of carbonyl (C=O) groups excluding carboxylic acids is 3. The Hall–Kier alpha value is -2.31. The van der Waals surface area contributed by atoms with Crippen molar-refractivity contribution in [1.82, 2.24) is 0 Å². The number of aliphatic hydroxyl groups is 2. The third-order valence-electron chi connectivity index (χ3n) is 5.82. The fourth-order valence-electron chi connectivity index (χ4n) is 3.96. The molecule has 6 nitrogen and oxygen atoms in total. The fourth-order valence-corrected chi connectivity index (χ4v) is 3.96. The lowest BCUT2D eigenvalue weighted by Gasteiger charge is -2.38. The van der Waals surface area contributed by atoms with E-state index in [-0.39, 0.29) is 23.6 Å². The average Bonchev–Trinajstić information content (AvgIpc) is 2.75. The van der Waals surface area contributed by atoms with Crippen LogP contribution in [0.15, 0.2) is 47.8 Å². The number of rotatable bonds is 10. The Morgan fingerprint density at radius 3 is 2.48 bits per heavy atom. The molecule has 4 atom stereocenters. The second kappa shape index (κ2) is 11.9. The Kier molecular flexibility index (Phi) is 10.3. The minimum absolute atomic E-state index is 0.0196. The average molecular weight is 433 g/mol. The zero-order valence-electron chi connectivity index (χ0n) is 19.3. The Bertz CT molecular complexity index is 784. The predicted octanol–water partition coefficient (Wildman–Crippen LogP) is 3.84. The van der Waals surface area contributed by atoms with Crippen molar-refractivity contribution in [3.05, 3.63) is 47.8 Å². The summed E-state index contributed by atoms with van der Waals surface area (Å²) in [6.45, 7) is 12.1. The van der Waals surface area contributed by atoms with Gasteiger partial charge in [0.2, 0.25) is 0 Å². The molecule has 0 aromatic carbocycles. The lowest BCUT2D eigenvalue weighted by Crippen LogP contribution is -2.36. The van der Waals surface area contributed by atoms with Gasteiger partial charge in [-0.2, -0.15) is 0 Å². The molecule has 0 heterocycles. The van der Waals surface area contributed by atoms with Gasteiger partial charge in [-0.15, -0.1) is 0 Å². The highest BCUT2D eigenvalue weighted by Crippen LogP contribution is 2.46. The van der Waals surface area contributed by atoms with Gasteiger partial charge in [0.15, 0.2) is 5.78 Å². The molecule has 172 valence electrons. The summed E-state index contributed by atoms with van der Waals surface area (Å²) in [7, 11) is 0. The monoisotopic (exact) mass is 432 g/mol. The van der Waals surface area contributed by atoms with Gasteiger partial charge in [-0.3, -0.25) is 4.79 Å². The van der Waals surface area contributed by atoms with E-state index in [1.807, 2.05) is 6.92 Å². The molecule has 1 aliphatic rings. The number of aliphatic hydroxyl groups excluding tert-OH is 2. The van der Waals surface area contributed by atoms with Crippen LogP contribution in [0.4, 0.5) is 0 Å². The Morgan fingerprint density at radius 1 is 1.32 bits per heavy atom. The molecule has 31 heavy (non-hydrogen) atoms. The quantitative estimate of drug-likeness (QED) is 0.235. The van der Waals surface area contributed by atoms with Gasteiger partial charge < -0.3 is 19.7 Å². The van der Waals surface area contributed by atoms with E-state index < -0.39 is 35.9 Å². The summed E-state index contributed by atoms with van der Waals surface area (Å²) >= 11 is 0. The second-order valence-corrected chi connectivity index (χ2v) is 9.04. The van der Waals surface area contributed by atoms with Crippen LogP contribution in [-0.4, -0.2) is 40.5 Å². The SMILES string of the molecule is C=C(C)C(O)CC[C@@]1(C)CC=C(CO)C(=O)[C@H](CC(C)=O)[C@@H]1/C=C/OC(=O)C=C(C)C. The summed E-state index contributed by atoms with van der Waals surface area (Å²) in [5, 5.41) is 20.0. The van der Waals surface area contributed by atoms with Crippen LogP contribution in [-0.2, 0) is 19.1 Å². The van der Waals surface area contributed by atoms with Gasteiger partial charge in [0.1, 0.15) is 5.78 Å². The number of hydrogen-bond acceptors (Lipinski definition) is 6. The highest BCUT2D eigenvalue weighted by Gasteiger charge is 2.43. The van der Waals surface area contributed by atoms with E-state index in [4.69, 9.17) is 4.74 Å². The summed E-state index contributed by atoms with van der Waals surface area (Å²) in [6.07, 6.45) is 6.85. The van der Waals surface area contributed by atoms with Gasteiger partial charge in [0, 0.05) is 24.0 Å². The van der Waals surface area contributed by atoms with Crippen LogP contribution in [0, 0.1) is 17.3 Å². The van der Waals surface area contributed by atoms with Gasteiger partial charge in [-0.1, -0.05) is 30.7 Å². The number of esters is 1. The van der Waals surface area contributed by atoms with E-state index in [2.05, 4.69) is 6.58 Å². The van der Waals surface area contributed by atoms with Gasteiger partial charge in [0.05, 0.1) is 19.0 Å². The van der Waals surface area contributed by atoms with Crippen molar-refractivity contribution in [2.24, 2.45) is 17.3 Å². The Labute approximate surface area is 185 Å². The molecule has 1 unspecified atom stereocenters. The van der Waals surface area contributed by atoms with Gasteiger partial charge in [-0.05, 0) is 64.4 Å². The number of allylic oxidation sites excluding steroid dienone is 3. The summed E-state index contributed by atoms with van der Waals surface area (Å²) in [5.41, 5.74) is 1.23. The topological polar surface area (TPSA) is 101 Å². The summed E-state index contributed by atoms with van der Waals surface area (Å²) < 4.78 is 5.17. The first kappa shape index (κ1) is 26.7. The molecule has 2 N–H and O–H groups in total. The van der Waals surface area contributed by atoms with E-state index in [0.717, 1.165) is 5.57 Å². The van der Waals surface area contributed by atoms with E-state index in [1.54, 1.807) is 32.9 Å². The number of ether oxygens (including phenoxy) is 1. The van der Waals surface area contributed by atoms with Crippen molar-refractivity contribution >= 4 is 17.5 Å². The molecule has 0 aromatic heterocycles. The molecule has 0 aromatic rings. The van der Waals surface area contributed by atoms with Crippen LogP contribution in [0.25, 0.3) is 0 Å². The number of ketones is 2. The molecule has 1 rings (SSSR count). The molecule has 1 aliphatic carbocycles. The minimum atomic E-state index is -0.691. The van der Waals surface area contributed by atoms with Crippen molar-refractivity contribution in [1.29, 1.82) is 0 Å². The van der Waals surface area contributed by atoms with E-state index in [0.29, 0.717) is 24.8 Å². The van der Waals surface area contributed by atoms with Crippen molar-refractivity contribution in [2.75, 3.05) is 6.61 Å². The zero-order valence-corrected chi connectivity index (χ0v) is 19.3. The van der Waals surface area contributed by atoms with Crippen LogP contribution >= 0.6 is 0 Å². The highest BCUT2D eigenvalue weighted by molar-refractivity contribution is 6.00. The minimum Gasteiger partial charge on any atom is -0.432 e. The maximum atomic E-state index is 13.1. The summed E-state index contributed by atoms with van der Waals surface area (Å²) in [6, 6.07) is 0. The van der Waals surface area contributed by atoms with Crippen molar-refractivity contribution in [2.45, 2.75) is 66.4 Å². The second-order valence-electron chi connectivity index (χ2n) is 9.04. The molecule has 6 heteroatoms. The Morgan fingerprint density at radius 2 is 1.97 bits per heavy atom. The molecule has 0 amide bonds. The highest BCUT2D eigenvalue weighted by atomic mass is 16.5. The van der Waals surface area contributed by atoms with Crippen LogP contribution in [0.2, 0.25) is 0 Å². The van der Waals surface area contributed by atoms with Crippen LogP contribution < -0.4 is 0 Å². The van der Waals surface area contributed by atoms with E-state index in [9.17, 15) is 24.6 Å². The first-order valence-corrected chi connectivity index (χ1v) is 10.6. The smallest absolute Gasteiger partial charge is 0.335 e. The molecule has 0 bridgehead atoms. The molecular formula is C25H36O6. The lowest BCUT2D eigenvalue weighted by atomic mass is 9.65. The molecule has 0 radical (unpaired) electrons. The number of carbonyl (C=O) groups is 3. The molecule has 0 spiro atoms. The first-order chi connectivity index (χ1) is 14.4. The van der Waals surface area contributed by atoms with Crippen LogP contribution in [0.5, 0.6) is 0 Å². The van der Waals surface area contributed by atoms with Crippen molar-refractivity contribution in [3.63, 3.8) is 0 Å². The lowest BCUT2D eigenvalue weighted by molar-refractivity contribution is -0.132. The maximum absolute atomic E-state index is 13.1. The zero-order chi connectivity index (χ0) is 23.8. The fraction of sp³-hybridized carbons (Fsp3) is 0.560. The third kappa shape index (κ3) is 8.04. The molecule has 0 aliphatic heterocycles. The van der Waals surface area contributed by atoms with Crippen LogP contribution in [0.3, 0.4) is 0 Å². The first-order valence-electron chi connectivity index (χ1n) is 10.6. The van der Waals surface area contributed by atoms with Crippen molar-refractivity contribution < 1.29 is 29.3 Å². The predicted molar refractivity (Wildman–Crippen MR) is 120 cm³/mol. The van der Waals surface area contributed by atoms with Crippen LogP contribution in [0.1, 0.15) is 60.3 Å². The number of hydrogen-bond donors (Lipinski definition) is 2. The summed E-state index contributed by atoms with van der Waals surface area (Å²) in [5.74, 6) is -2.05. The van der Waals surface area contributed by atoms with Crippen molar-refractivity contribution in [3.8, 4) is 0 Å². The molecule has 0 saturated carbocycles. The normalized spacial score (nSPS) is 24.9. The third-order valence-corrected chi connectivity index (χ3v) is 5.82. The summed E-state index contributed by atoms with van der Waals surface area (Å²) in [4.78, 5) is 37.0. The standard InChI is InChI=1S/C25H36O6/c1-16(2)13-23(29)31-12-9-21-20(14-18(5)27)24(30)19(15-26)7-10-25(21,6)11-8-22(28)17(3)4/h7,9,12-13,20-22,26,28H,3,8,10-11,14-15H2,1-2,4-6H3/b12-9+/t20-,21+,22?,25-/m1/s1. The van der Waals surface area contributed by atoms with Gasteiger partial charge in [-0.25, -0.2) is 4.79 Å². The largest absolute Gasteiger partial charge is 0.432 e. The van der Waals surface area contributed by atoms with E-state index in [1.165, 1.54) is 19.3 Å². The van der Waals surface area contributed by atoms with Gasteiger partial charge >= 0.3 is 5.97 Å². The van der Waals surface area contributed by atoms with Gasteiger partial charge in [0.25, 0.3) is 0 Å². The molecular weight excluding hydrogens is 396 g/mol.